The van der Waals surface area contributed by atoms with Crippen molar-refractivity contribution in [2.45, 2.75) is 32.9 Å². The SMILES string of the molecule is Cc1c(CC(C)N)sc2c(NCc3ccncn3)nc(Cl)nc12.Cl.Cl. The smallest absolute Gasteiger partial charge is 0.224 e. The van der Waals surface area contributed by atoms with Gasteiger partial charge in [0.1, 0.15) is 12.1 Å². The molecule has 0 spiro atoms. The molecule has 3 aromatic heterocycles. The lowest BCUT2D eigenvalue weighted by Gasteiger charge is -2.06. The van der Waals surface area contributed by atoms with Crippen LogP contribution in [-0.4, -0.2) is 26.0 Å². The Morgan fingerprint density at radius 3 is 2.72 bits per heavy atom. The van der Waals surface area contributed by atoms with Gasteiger partial charge in [0.05, 0.1) is 22.5 Å². The molecule has 0 saturated heterocycles. The summed E-state index contributed by atoms with van der Waals surface area (Å²) < 4.78 is 0.997. The van der Waals surface area contributed by atoms with E-state index in [0.29, 0.717) is 6.54 Å². The van der Waals surface area contributed by atoms with Crippen LogP contribution in [-0.2, 0) is 13.0 Å². The Labute approximate surface area is 167 Å². The molecule has 3 N–H and O–H groups in total. The molecule has 0 aliphatic rings. The Kier molecular flexibility index (Phi) is 8.24. The second-order valence-corrected chi connectivity index (χ2v) is 6.85. The summed E-state index contributed by atoms with van der Waals surface area (Å²) in [5, 5.41) is 3.52. The Morgan fingerprint density at radius 1 is 1.32 bits per heavy atom. The van der Waals surface area contributed by atoms with Gasteiger partial charge in [0.15, 0.2) is 0 Å². The third-order valence-corrected chi connectivity index (χ3v) is 4.90. The van der Waals surface area contributed by atoms with Crippen molar-refractivity contribution in [3.63, 3.8) is 0 Å². The number of nitrogens with two attached hydrogens (primary N) is 1. The molecule has 3 aromatic rings. The first-order chi connectivity index (χ1) is 11.0. The van der Waals surface area contributed by atoms with Crippen LogP contribution in [0.25, 0.3) is 10.2 Å². The van der Waals surface area contributed by atoms with E-state index in [-0.39, 0.29) is 36.1 Å². The molecule has 0 saturated carbocycles. The van der Waals surface area contributed by atoms with Gasteiger partial charge in [0.2, 0.25) is 5.28 Å². The molecule has 0 aliphatic carbocycles. The van der Waals surface area contributed by atoms with Gasteiger partial charge >= 0.3 is 0 Å². The summed E-state index contributed by atoms with van der Waals surface area (Å²) in [5.41, 5.74) is 8.82. The van der Waals surface area contributed by atoms with E-state index in [0.717, 1.165) is 33.7 Å². The maximum absolute atomic E-state index is 6.08. The molecule has 10 heteroatoms. The van der Waals surface area contributed by atoms with Gasteiger partial charge in [-0.3, -0.25) is 0 Å². The minimum Gasteiger partial charge on any atom is -0.363 e. The number of hydrogen-bond acceptors (Lipinski definition) is 7. The van der Waals surface area contributed by atoms with Crippen LogP contribution in [0.2, 0.25) is 5.28 Å². The largest absolute Gasteiger partial charge is 0.363 e. The second-order valence-electron chi connectivity index (χ2n) is 5.40. The zero-order valence-corrected chi connectivity index (χ0v) is 16.9. The predicted molar refractivity (Wildman–Crippen MR) is 108 cm³/mol. The van der Waals surface area contributed by atoms with E-state index in [1.807, 2.05) is 19.9 Å². The van der Waals surface area contributed by atoms with Gasteiger partial charge in [-0.25, -0.2) is 15.0 Å². The minimum absolute atomic E-state index is 0. The van der Waals surface area contributed by atoms with E-state index >= 15 is 0 Å². The van der Waals surface area contributed by atoms with Crippen LogP contribution in [0.15, 0.2) is 18.6 Å². The lowest BCUT2D eigenvalue weighted by Crippen LogP contribution is -2.17. The number of halogens is 3. The lowest BCUT2D eigenvalue weighted by atomic mass is 10.1. The number of anilines is 1. The number of nitrogens with one attached hydrogen (secondary N) is 1. The molecule has 0 fully saturated rings. The summed E-state index contributed by atoms with van der Waals surface area (Å²) in [6.07, 6.45) is 4.05. The standard InChI is InChI=1S/C15H17ClN6S.2ClH/c1-8(17)5-11-9(2)12-13(23-11)14(22-15(16)21-12)19-6-10-3-4-18-7-20-10;;/h3-4,7-8H,5-6,17H2,1-2H3,(H,19,21,22);2*1H. The predicted octanol–water partition coefficient (Wildman–Crippen LogP) is 3.79. The van der Waals surface area contributed by atoms with E-state index in [2.05, 4.69) is 25.3 Å². The number of thiophene rings is 1. The maximum atomic E-state index is 6.08. The topological polar surface area (TPSA) is 89.6 Å². The molecule has 0 aliphatic heterocycles. The first-order valence-corrected chi connectivity index (χ1v) is 8.44. The van der Waals surface area contributed by atoms with Crippen molar-refractivity contribution >= 4 is 63.8 Å². The summed E-state index contributed by atoms with van der Waals surface area (Å²) >= 11 is 7.75. The van der Waals surface area contributed by atoms with Crippen LogP contribution in [0.1, 0.15) is 23.1 Å². The van der Waals surface area contributed by atoms with Crippen molar-refractivity contribution in [3.8, 4) is 0 Å². The van der Waals surface area contributed by atoms with Gasteiger partial charge in [0, 0.05) is 17.1 Å². The Hall–Kier alpha value is -1.25. The number of nitrogens with zero attached hydrogens (tertiary/aromatic N) is 4. The van der Waals surface area contributed by atoms with Crippen molar-refractivity contribution in [3.05, 3.63) is 40.0 Å². The highest BCUT2D eigenvalue weighted by Crippen LogP contribution is 2.35. The molecule has 6 nitrogen and oxygen atoms in total. The highest BCUT2D eigenvalue weighted by Gasteiger charge is 2.16. The summed E-state index contributed by atoms with van der Waals surface area (Å²) in [7, 11) is 0. The Balaban J connectivity index is 0.00000156. The summed E-state index contributed by atoms with van der Waals surface area (Å²) in [6.45, 7) is 4.59. The van der Waals surface area contributed by atoms with Gasteiger partial charge in [0.25, 0.3) is 0 Å². The third-order valence-electron chi connectivity index (χ3n) is 3.42. The summed E-state index contributed by atoms with van der Waals surface area (Å²) in [4.78, 5) is 18.0. The Bertz CT molecular complexity index is 825. The monoisotopic (exact) mass is 420 g/mol. The average molecular weight is 422 g/mol. The Morgan fingerprint density at radius 2 is 2.08 bits per heavy atom. The van der Waals surface area contributed by atoms with Gasteiger partial charge < -0.3 is 11.1 Å². The number of rotatable bonds is 5. The molecule has 3 heterocycles. The van der Waals surface area contributed by atoms with Gasteiger partial charge in [-0.05, 0) is 43.5 Å². The third kappa shape index (κ3) is 5.12. The first kappa shape index (κ1) is 21.8. The van der Waals surface area contributed by atoms with E-state index in [4.69, 9.17) is 17.3 Å². The normalized spacial score (nSPS) is 11.5. The molecule has 1 atom stereocenters. The minimum atomic E-state index is 0. The first-order valence-electron chi connectivity index (χ1n) is 7.24. The van der Waals surface area contributed by atoms with Crippen LogP contribution in [0, 0.1) is 6.92 Å². The number of aromatic nitrogens is 4. The zero-order chi connectivity index (χ0) is 16.4. The molecular formula is C15H19Cl3N6S. The average Bonchev–Trinajstić information content (AvgIpc) is 2.82. The van der Waals surface area contributed by atoms with Crippen LogP contribution < -0.4 is 11.1 Å². The fourth-order valence-electron chi connectivity index (χ4n) is 2.31. The van der Waals surface area contributed by atoms with Crippen molar-refractivity contribution in [2.24, 2.45) is 5.73 Å². The molecule has 0 bridgehead atoms. The summed E-state index contributed by atoms with van der Waals surface area (Å²) in [5.74, 6) is 0.725. The van der Waals surface area contributed by atoms with Crippen molar-refractivity contribution in [2.75, 3.05) is 5.32 Å². The van der Waals surface area contributed by atoms with Crippen LogP contribution >= 0.6 is 47.8 Å². The van der Waals surface area contributed by atoms with Crippen LogP contribution in [0.3, 0.4) is 0 Å². The highest BCUT2D eigenvalue weighted by atomic mass is 35.5. The van der Waals surface area contributed by atoms with Gasteiger partial charge in [-0.15, -0.1) is 36.2 Å². The molecule has 0 amide bonds. The molecule has 0 radical (unpaired) electrons. The fourth-order valence-corrected chi connectivity index (χ4v) is 3.83. The zero-order valence-electron chi connectivity index (χ0n) is 13.7. The van der Waals surface area contributed by atoms with Crippen LogP contribution in [0.4, 0.5) is 5.82 Å². The fraction of sp³-hybridized carbons (Fsp3) is 0.333. The quantitative estimate of drug-likeness (QED) is 0.609. The molecule has 3 rings (SSSR count). The van der Waals surface area contributed by atoms with Gasteiger partial charge in [-0.1, -0.05) is 0 Å². The number of hydrogen-bond donors (Lipinski definition) is 2. The van der Waals surface area contributed by atoms with Gasteiger partial charge in [-0.2, -0.15) is 4.98 Å². The van der Waals surface area contributed by atoms with Crippen molar-refractivity contribution in [1.82, 2.24) is 19.9 Å². The van der Waals surface area contributed by atoms with Crippen molar-refractivity contribution in [1.29, 1.82) is 0 Å². The van der Waals surface area contributed by atoms with E-state index in [9.17, 15) is 0 Å². The molecule has 25 heavy (non-hydrogen) atoms. The van der Waals surface area contributed by atoms with E-state index < -0.39 is 0 Å². The molecule has 0 aromatic carbocycles. The lowest BCUT2D eigenvalue weighted by molar-refractivity contribution is 0.744. The summed E-state index contributed by atoms with van der Waals surface area (Å²) in [6, 6.07) is 1.96. The molecule has 136 valence electrons. The molecular weight excluding hydrogens is 403 g/mol. The highest BCUT2D eigenvalue weighted by molar-refractivity contribution is 7.19. The van der Waals surface area contributed by atoms with E-state index in [1.165, 1.54) is 11.2 Å². The van der Waals surface area contributed by atoms with Crippen molar-refractivity contribution < 1.29 is 0 Å². The molecule has 1 unspecified atom stereocenters. The number of fused-ring (bicyclic) bond motifs is 1. The maximum Gasteiger partial charge on any atom is 0.224 e. The van der Waals surface area contributed by atoms with E-state index in [1.54, 1.807) is 17.5 Å². The second kappa shape index (κ2) is 9.45. The van der Waals surface area contributed by atoms with Crippen LogP contribution in [0.5, 0.6) is 0 Å². The number of aryl methyl sites for hydroxylation is 1.